The molecule has 0 unspecified atom stereocenters. The minimum Gasteiger partial charge on any atom is -0.508 e. The molecule has 0 amide bonds. The van der Waals surface area contributed by atoms with Gasteiger partial charge < -0.3 is 10.4 Å². The normalized spacial score (nSPS) is 10.2. The van der Waals surface area contributed by atoms with Crippen molar-refractivity contribution in [2.24, 2.45) is 0 Å². The molecule has 0 saturated carbocycles. The highest BCUT2D eigenvalue weighted by Gasteiger charge is 2.01. The first-order chi connectivity index (χ1) is 9.81. The number of aromatic hydroxyl groups is 1. The molecule has 0 spiro atoms. The van der Waals surface area contributed by atoms with Crippen LogP contribution in [-0.2, 0) is 0 Å². The summed E-state index contributed by atoms with van der Waals surface area (Å²) in [4.78, 5) is 4.24. The third-order valence-corrected chi connectivity index (χ3v) is 2.98. The molecule has 1 heterocycles. The predicted molar refractivity (Wildman–Crippen MR) is 81.1 cm³/mol. The highest BCUT2D eigenvalue weighted by atomic mass is 16.3. The Hall–Kier alpha value is -2.81. The number of hydrogen-bond acceptors (Lipinski definition) is 3. The van der Waals surface area contributed by atoms with Crippen LogP contribution in [0.2, 0.25) is 0 Å². The fourth-order valence-electron chi connectivity index (χ4n) is 2.04. The number of pyridine rings is 1. The Morgan fingerprint density at radius 3 is 2.40 bits per heavy atom. The number of phenolic OH excluding ortho intramolecular Hbond substituents is 1. The van der Waals surface area contributed by atoms with Crippen LogP contribution >= 0.6 is 0 Å². The molecule has 0 bridgehead atoms. The lowest BCUT2D eigenvalue weighted by Crippen LogP contribution is -1.91. The predicted octanol–water partition coefficient (Wildman–Crippen LogP) is 4.20. The molecule has 0 aliphatic heterocycles. The van der Waals surface area contributed by atoms with Crippen LogP contribution in [0.15, 0.2) is 73.1 Å². The zero-order chi connectivity index (χ0) is 13.8. The van der Waals surface area contributed by atoms with Gasteiger partial charge in [-0.25, -0.2) is 0 Å². The van der Waals surface area contributed by atoms with E-state index in [1.807, 2.05) is 48.5 Å². The largest absolute Gasteiger partial charge is 0.508 e. The van der Waals surface area contributed by atoms with Crippen molar-refractivity contribution in [3.05, 3.63) is 73.1 Å². The second-order valence-electron chi connectivity index (χ2n) is 4.50. The Balaban J connectivity index is 1.90. The number of para-hydroxylation sites is 1. The summed E-state index contributed by atoms with van der Waals surface area (Å²) in [5.74, 6) is 0.254. The van der Waals surface area contributed by atoms with Crippen molar-refractivity contribution < 1.29 is 5.11 Å². The van der Waals surface area contributed by atoms with Gasteiger partial charge in [-0.1, -0.05) is 30.3 Å². The van der Waals surface area contributed by atoms with Gasteiger partial charge in [-0.15, -0.1) is 0 Å². The SMILES string of the molecule is Oc1cccc(-c2cncc(Nc3ccccc3)c2)c1. The lowest BCUT2D eigenvalue weighted by Gasteiger charge is -2.08. The van der Waals surface area contributed by atoms with E-state index in [1.54, 1.807) is 24.5 Å². The number of anilines is 2. The minimum atomic E-state index is 0.254. The Kier molecular flexibility index (Phi) is 3.33. The van der Waals surface area contributed by atoms with Crippen LogP contribution in [0.4, 0.5) is 11.4 Å². The maximum absolute atomic E-state index is 9.54. The second kappa shape index (κ2) is 5.45. The van der Waals surface area contributed by atoms with Crippen molar-refractivity contribution in [2.45, 2.75) is 0 Å². The molecule has 3 nitrogen and oxygen atoms in total. The van der Waals surface area contributed by atoms with E-state index < -0.39 is 0 Å². The van der Waals surface area contributed by atoms with Crippen molar-refractivity contribution in [1.29, 1.82) is 0 Å². The van der Waals surface area contributed by atoms with E-state index >= 15 is 0 Å². The van der Waals surface area contributed by atoms with Gasteiger partial charge in [-0.2, -0.15) is 0 Å². The molecule has 0 aliphatic carbocycles. The third-order valence-electron chi connectivity index (χ3n) is 2.98. The van der Waals surface area contributed by atoms with Crippen LogP contribution in [0.3, 0.4) is 0 Å². The van der Waals surface area contributed by atoms with Crippen LogP contribution < -0.4 is 5.32 Å². The smallest absolute Gasteiger partial charge is 0.116 e. The maximum atomic E-state index is 9.54. The Morgan fingerprint density at radius 1 is 0.750 bits per heavy atom. The second-order valence-corrected chi connectivity index (χ2v) is 4.50. The van der Waals surface area contributed by atoms with Crippen LogP contribution in [0, 0.1) is 0 Å². The Bertz CT molecular complexity index is 711. The van der Waals surface area contributed by atoms with E-state index in [9.17, 15) is 5.11 Å². The third kappa shape index (κ3) is 2.78. The summed E-state index contributed by atoms with van der Waals surface area (Å²) in [6.07, 6.45) is 3.56. The van der Waals surface area contributed by atoms with E-state index in [0.717, 1.165) is 22.5 Å². The van der Waals surface area contributed by atoms with Gasteiger partial charge in [0.25, 0.3) is 0 Å². The van der Waals surface area contributed by atoms with E-state index in [4.69, 9.17) is 0 Å². The van der Waals surface area contributed by atoms with Crippen molar-refractivity contribution in [3.8, 4) is 16.9 Å². The van der Waals surface area contributed by atoms with Gasteiger partial charge in [0.2, 0.25) is 0 Å². The fraction of sp³-hybridized carbons (Fsp3) is 0. The highest BCUT2D eigenvalue weighted by molar-refractivity contribution is 5.70. The first kappa shape index (κ1) is 12.2. The Labute approximate surface area is 117 Å². The van der Waals surface area contributed by atoms with Crippen LogP contribution in [-0.4, -0.2) is 10.1 Å². The van der Waals surface area contributed by atoms with Gasteiger partial charge in [0, 0.05) is 17.4 Å². The monoisotopic (exact) mass is 262 g/mol. The highest BCUT2D eigenvalue weighted by Crippen LogP contribution is 2.25. The number of phenols is 1. The standard InChI is InChI=1S/C17H14N2O/c20-17-8-4-5-13(10-17)14-9-16(12-18-11-14)19-15-6-2-1-3-7-15/h1-12,19-20H. The number of aromatic nitrogens is 1. The molecule has 0 aliphatic rings. The molecule has 20 heavy (non-hydrogen) atoms. The molecule has 3 heteroatoms. The molecule has 98 valence electrons. The average Bonchev–Trinajstić information content (AvgIpc) is 2.49. The average molecular weight is 262 g/mol. The van der Waals surface area contributed by atoms with Gasteiger partial charge in [-0.05, 0) is 35.9 Å². The number of nitrogens with zero attached hydrogens (tertiary/aromatic N) is 1. The Morgan fingerprint density at radius 2 is 1.60 bits per heavy atom. The van der Waals surface area contributed by atoms with Crippen molar-refractivity contribution >= 4 is 11.4 Å². The van der Waals surface area contributed by atoms with Crippen LogP contribution in [0.25, 0.3) is 11.1 Å². The minimum absolute atomic E-state index is 0.254. The van der Waals surface area contributed by atoms with Crippen molar-refractivity contribution in [2.75, 3.05) is 5.32 Å². The summed E-state index contributed by atoms with van der Waals surface area (Å²) in [6.45, 7) is 0. The molecule has 3 rings (SSSR count). The zero-order valence-electron chi connectivity index (χ0n) is 10.8. The zero-order valence-corrected chi connectivity index (χ0v) is 10.8. The topological polar surface area (TPSA) is 45.2 Å². The number of nitrogens with one attached hydrogen (secondary N) is 1. The number of rotatable bonds is 3. The van der Waals surface area contributed by atoms with Crippen LogP contribution in [0.1, 0.15) is 0 Å². The summed E-state index contributed by atoms with van der Waals surface area (Å²) in [6, 6.07) is 19.1. The summed E-state index contributed by atoms with van der Waals surface area (Å²) in [5, 5.41) is 12.8. The molecule has 1 aromatic heterocycles. The van der Waals surface area contributed by atoms with E-state index in [0.29, 0.717) is 0 Å². The fourth-order valence-corrected chi connectivity index (χ4v) is 2.04. The first-order valence-corrected chi connectivity index (χ1v) is 6.38. The number of benzene rings is 2. The molecule has 0 fully saturated rings. The van der Waals surface area contributed by atoms with Gasteiger partial charge >= 0.3 is 0 Å². The first-order valence-electron chi connectivity index (χ1n) is 6.38. The summed E-state index contributed by atoms with van der Waals surface area (Å²) in [7, 11) is 0. The maximum Gasteiger partial charge on any atom is 0.116 e. The van der Waals surface area contributed by atoms with Crippen LogP contribution in [0.5, 0.6) is 5.75 Å². The molecule has 0 radical (unpaired) electrons. The van der Waals surface area contributed by atoms with E-state index in [2.05, 4.69) is 10.3 Å². The number of hydrogen-bond donors (Lipinski definition) is 2. The van der Waals surface area contributed by atoms with E-state index in [1.165, 1.54) is 0 Å². The summed E-state index contributed by atoms with van der Waals surface area (Å²) in [5.41, 5.74) is 3.83. The molecule has 2 N–H and O–H groups in total. The van der Waals surface area contributed by atoms with E-state index in [-0.39, 0.29) is 5.75 Å². The molecule has 0 saturated heterocycles. The summed E-state index contributed by atoms with van der Waals surface area (Å²) >= 11 is 0. The quantitative estimate of drug-likeness (QED) is 0.743. The van der Waals surface area contributed by atoms with Crippen molar-refractivity contribution in [1.82, 2.24) is 4.98 Å². The van der Waals surface area contributed by atoms with Gasteiger partial charge in [0.1, 0.15) is 5.75 Å². The molecule has 3 aromatic rings. The lowest BCUT2D eigenvalue weighted by atomic mass is 10.1. The van der Waals surface area contributed by atoms with Gasteiger partial charge in [0.05, 0.1) is 11.9 Å². The van der Waals surface area contributed by atoms with Gasteiger partial charge in [-0.3, -0.25) is 4.98 Å². The molecule has 2 aromatic carbocycles. The summed E-state index contributed by atoms with van der Waals surface area (Å²) < 4.78 is 0. The lowest BCUT2D eigenvalue weighted by molar-refractivity contribution is 0.475. The van der Waals surface area contributed by atoms with Gasteiger partial charge in [0.15, 0.2) is 0 Å². The molecular formula is C17H14N2O. The molecule has 0 atom stereocenters. The van der Waals surface area contributed by atoms with Crippen molar-refractivity contribution in [3.63, 3.8) is 0 Å². The molecular weight excluding hydrogens is 248 g/mol.